The van der Waals surface area contributed by atoms with Gasteiger partial charge in [-0.05, 0) is 37.4 Å². The lowest BCUT2D eigenvalue weighted by molar-refractivity contribution is 0.299. The summed E-state index contributed by atoms with van der Waals surface area (Å²) in [6.07, 6.45) is 2.85. The molecule has 96 valence electrons. The highest BCUT2D eigenvalue weighted by molar-refractivity contribution is 5.41. The van der Waals surface area contributed by atoms with E-state index in [-0.39, 0.29) is 0 Å². The van der Waals surface area contributed by atoms with Gasteiger partial charge in [0.1, 0.15) is 11.5 Å². The Labute approximate surface area is 104 Å². The second kappa shape index (κ2) is 7.96. The zero-order chi connectivity index (χ0) is 12.5. The monoisotopic (exact) mass is 237 g/mol. The molecule has 0 aromatic heterocycles. The standard InChI is InChI=1S/C14H23NO2/c1-3-9-16-13-6-5-12(7-8-15)14(11-13)17-10-4-2/h5-6,11H,3-4,7-10,15H2,1-2H3. The molecule has 0 aliphatic rings. The Kier molecular flexibility index (Phi) is 6.48. The fourth-order valence-electron chi connectivity index (χ4n) is 1.55. The van der Waals surface area contributed by atoms with E-state index in [2.05, 4.69) is 13.8 Å². The minimum atomic E-state index is 0.637. The summed E-state index contributed by atoms with van der Waals surface area (Å²) in [7, 11) is 0. The van der Waals surface area contributed by atoms with Crippen LogP contribution < -0.4 is 15.2 Å². The van der Waals surface area contributed by atoms with E-state index in [1.165, 1.54) is 0 Å². The van der Waals surface area contributed by atoms with Gasteiger partial charge in [-0.3, -0.25) is 0 Å². The average molecular weight is 237 g/mol. The second-order valence-electron chi connectivity index (χ2n) is 4.01. The fraction of sp³-hybridized carbons (Fsp3) is 0.571. The van der Waals surface area contributed by atoms with Crippen molar-refractivity contribution in [1.82, 2.24) is 0 Å². The molecule has 0 spiro atoms. The molecular weight excluding hydrogens is 214 g/mol. The van der Waals surface area contributed by atoms with Crippen LogP contribution in [0.5, 0.6) is 11.5 Å². The maximum absolute atomic E-state index is 5.72. The Hall–Kier alpha value is -1.22. The SMILES string of the molecule is CCCOc1ccc(CCN)c(OCCC)c1. The minimum absolute atomic E-state index is 0.637. The van der Waals surface area contributed by atoms with Crippen LogP contribution in [-0.4, -0.2) is 19.8 Å². The summed E-state index contributed by atoms with van der Waals surface area (Å²) in [4.78, 5) is 0. The highest BCUT2D eigenvalue weighted by Gasteiger charge is 2.05. The molecule has 1 rings (SSSR count). The molecular formula is C14H23NO2. The van der Waals surface area contributed by atoms with E-state index in [1.807, 2.05) is 18.2 Å². The lowest BCUT2D eigenvalue weighted by Gasteiger charge is -2.13. The van der Waals surface area contributed by atoms with Crippen LogP contribution in [0.3, 0.4) is 0 Å². The van der Waals surface area contributed by atoms with Crippen molar-refractivity contribution in [3.63, 3.8) is 0 Å². The van der Waals surface area contributed by atoms with E-state index < -0.39 is 0 Å². The predicted octanol–water partition coefficient (Wildman–Crippen LogP) is 2.77. The minimum Gasteiger partial charge on any atom is -0.493 e. The lowest BCUT2D eigenvalue weighted by atomic mass is 10.1. The topological polar surface area (TPSA) is 44.5 Å². The average Bonchev–Trinajstić information content (AvgIpc) is 2.36. The number of benzene rings is 1. The van der Waals surface area contributed by atoms with Crippen LogP contribution in [0.1, 0.15) is 32.3 Å². The van der Waals surface area contributed by atoms with Gasteiger partial charge < -0.3 is 15.2 Å². The van der Waals surface area contributed by atoms with Crippen molar-refractivity contribution in [2.24, 2.45) is 5.73 Å². The summed E-state index contributed by atoms with van der Waals surface area (Å²) in [6, 6.07) is 6.00. The van der Waals surface area contributed by atoms with Gasteiger partial charge in [0.2, 0.25) is 0 Å². The first-order valence-corrected chi connectivity index (χ1v) is 6.40. The van der Waals surface area contributed by atoms with Crippen LogP contribution in [0.15, 0.2) is 18.2 Å². The second-order valence-corrected chi connectivity index (χ2v) is 4.01. The molecule has 0 unspecified atom stereocenters. The Morgan fingerprint density at radius 1 is 1.06 bits per heavy atom. The normalized spacial score (nSPS) is 10.3. The van der Waals surface area contributed by atoms with E-state index in [4.69, 9.17) is 15.2 Å². The molecule has 3 heteroatoms. The van der Waals surface area contributed by atoms with Crippen molar-refractivity contribution >= 4 is 0 Å². The van der Waals surface area contributed by atoms with Crippen molar-refractivity contribution in [2.45, 2.75) is 33.1 Å². The summed E-state index contributed by atoms with van der Waals surface area (Å²) < 4.78 is 11.3. The first kappa shape index (κ1) is 13.8. The molecule has 0 bridgehead atoms. The highest BCUT2D eigenvalue weighted by atomic mass is 16.5. The van der Waals surface area contributed by atoms with Crippen LogP contribution >= 0.6 is 0 Å². The van der Waals surface area contributed by atoms with Crippen LogP contribution in [-0.2, 0) is 6.42 Å². The Bertz CT molecular complexity index is 326. The largest absolute Gasteiger partial charge is 0.493 e. The fourth-order valence-corrected chi connectivity index (χ4v) is 1.55. The van der Waals surface area contributed by atoms with E-state index in [9.17, 15) is 0 Å². The number of ether oxygens (including phenoxy) is 2. The van der Waals surface area contributed by atoms with E-state index >= 15 is 0 Å². The summed E-state index contributed by atoms with van der Waals surface area (Å²) in [5.41, 5.74) is 6.75. The van der Waals surface area contributed by atoms with Crippen molar-refractivity contribution in [3.05, 3.63) is 23.8 Å². The third-order valence-corrected chi connectivity index (χ3v) is 2.39. The smallest absolute Gasteiger partial charge is 0.126 e. The molecule has 1 aromatic rings. The summed E-state index contributed by atoms with van der Waals surface area (Å²) >= 11 is 0. The molecule has 0 aliphatic carbocycles. The molecule has 1 aromatic carbocycles. The van der Waals surface area contributed by atoms with Crippen molar-refractivity contribution in [3.8, 4) is 11.5 Å². The van der Waals surface area contributed by atoms with E-state index in [0.717, 1.165) is 49.5 Å². The Morgan fingerprint density at radius 2 is 1.76 bits per heavy atom. The van der Waals surface area contributed by atoms with Gasteiger partial charge in [0.05, 0.1) is 13.2 Å². The summed E-state index contributed by atoms with van der Waals surface area (Å²) in [5, 5.41) is 0. The predicted molar refractivity (Wildman–Crippen MR) is 70.8 cm³/mol. The van der Waals surface area contributed by atoms with Gasteiger partial charge in [0.25, 0.3) is 0 Å². The van der Waals surface area contributed by atoms with Gasteiger partial charge in [0, 0.05) is 6.07 Å². The molecule has 0 saturated heterocycles. The van der Waals surface area contributed by atoms with Crippen LogP contribution in [0.4, 0.5) is 0 Å². The molecule has 0 fully saturated rings. The summed E-state index contributed by atoms with van der Waals surface area (Å²) in [5.74, 6) is 1.78. The van der Waals surface area contributed by atoms with Gasteiger partial charge in [-0.25, -0.2) is 0 Å². The summed E-state index contributed by atoms with van der Waals surface area (Å²) in [6.45, 7) is 6.30. The van der Waals surface area contributed by atoms with Crippen molar-refractivity contribution < 1.29 is 9.47 Å². The zero-order valence-corrected chi connectivity index (χ0v) is 10.9. The quantitative estimate of drug-likeness (QED) is 0.756. The van der Waals surface area contributed by atoms with Crippen molar-refractivity contribution in [1.29, 1.82) is 0 Å². The molecule has 0 atom stereocenters. The van der Waals surface area contributed by atoms with Gasteiger partial charge in [-0.15, -0.1) is 0 Å². The first-order chi connectivity index (χ1) is 8.31. The maximum atomic E-state index is 5.72. The Morgan fingerprint density at radius 3 is 2.41 bits per heavy atom. The van der Waals surface area contributed by atoms with Gasteiger partial charge in [-0.2, -0.15) is 0 Å². The lowest BCUT2D eigenvalue weighted by Crippen LogP contribution is -2.06. The van der Waals surface area contributed by atoms with Crippen LogP contribution in [0.2, 0.25) is 0 Å². The zero-order valence-electron chi connectivity index (χ0n) is 10.9. The molecule has 0 amide bonds. The van der Waals surface area contributed by atoms with Crippen LogP contribution in [0.25, 0.3) is 0 Å². The van der Waals surface area contributed by atoms with E-state index in [0.29, 0.717) is 6.54 Å². The number of rotatable bonds is 8. The third kappa shape index (κ3) is 4.65. The van der Waals surface area contributed by atoms with Crippen LogP contribution in [0, 0.1) is 0 Å². The van der Waals surface area contributed by atoms with Crippen molar-refractivity contribution in [2.75, 3.05) is 19.8 Å². The highest BCUT2D eigenvalue weighted by Crippen LogP contribution is 2.25. The molecule has 0 aliphatic heterocycles. The molecule has 17 heavy (non-hydrogen) atoms. The number of nitrogens with two attached hydrogens (primary N) is 1. The van der Waals surface area contributed by atoms with Gasteiger partial charge >= 0.3 is 0 Å². The van der Waals surface area contributed by atoms with Gasteiger partial charge in [0.15, 0.2) is 0 Å². The Balaban J connectivity index is 2.76. The van der Waals surface area contributed by atoms with Gasteiger partial charge in [-0.1, -0.05) is 19.9 Å². The van der Waals surface area contributed by atoms with E-state index in [1.54, 1.807) is 0 Å². The first-order valence-electron chi connectivity index (χ1n) is 6.40. The third-order valence-electron chi connectivity index (χ3n) is 2.39. The molecule has 0 saturated carbocycles. The number of hydrogen-bond acceptors (Lipinski definition) is 3. The molecule has 2 N–H and O–H groups in total. The number of hydrogen-bond donors (Lipinski definition) is 1. The maximum Gasteiger partial charge on any atom is 0.126 e. The molecule has 3 nitrogen and oxygen atoms in total. The molecule has 0 heterocycles. The molecule has 0 radical (unpaired) electrons.